The lowest BCUT2D eigenvalue weighted by Gasteiger charge is -2.31. The molecule has 1 aromatic carbocycles. The predicted molar refractivity (Wildman–Crippen MR) is 92.7 cm³/mol. The average molecular weight is 349 g/mol. The molecule has 1 amide bonds. The minimum atomic E-state index is -0.809. The van der Waals surface area contributed by atoms with E-state index in [1.165, 1.54) is 24.5 Å². The highest BCUT2D eigenvalue weighted by Crippen LogP contribution is 2.30. The Morgan fingerprint density at radius 2 is 2.12 bits per heavy atom. The maximum atomic E-state index is 13.8. The minimum Gasteiger partial charge on any atom is -0.494 e. The third kappa shape index (κ3) is 3.42. The van der Waals surface area contributed by atoms with Gasteiger partial charge in [0, 0.05) is 10.9 Å². The summed E-state index contributed by atoms with van der Waals surface area (Å²) in [7, 11) is 1.42. The van der Waals surface area contributed by atoms with Crippen LogP contribution in [-0.4, -0.2) is 23.5 Å². The Morgan fingerprint density at radius 3 is 2.79 bits per heavy atom. The molecule has 1 saturated carbocycles. The third-order valence-electron chi connectivity index (χ3n) is 4.37. The van der Waals surface area contributed by atoms with E-state index in [1.54, 1.807) is 17.5 Å². The summed E-state index contributed by atoms with van der Waals surface area (Å²) in [5, 5.41) is 5.06. The van der Waals surface area contributed by atoms with Crippen LogP contribution in [0.1, 0.15) is 32.1 Å². The van der Waals surface area contributed by atoms with Crippen molar-refractivity contribution >= 4 is 22.4 Å². The van der Waals surface area contributed by atoms with E-state index >= 15 is 0 Å². The highest BCUT2D eigenvalue weighted by atomic mass is 32.1. The molecule has 1 fully saturated rings. The fourth-order valence-electron chi connectivity index (χ4n) is 2.92. The smallest absolute Gasteiger partial charge is 0.246 e. The number of carbonyl (C=O) groups excluding carboxylic acids is 1. The normalized spacial score (nSPS) is 16.6. The maximum Gasteiger partial charge on any atom is 0.246 e. The Balaban J connectivity index is 1.73. The second kappa shape index (κ2) is 6.86. The van der Waals surface area contributed by atoms with Crippen LogP contribution in [0.25, 0.3) is 11.3 Å². The summed E-state index contributed by atoms with van der Waals surface area (Å²) in [6.45, 7) is 0. The number of carbonyl (C=O) groups is 1. The lowest BCUT2D eigenvalue weighted by molar-refractivity contribution is -0.122. The summed E-state index contributed by atoms with van der Waals surface area (Å²) < 4.78 is 18.7. The Labute approximate surface area is 144 Å². The molecule has 0 unspecified atom stereocenters. The van der Waals surface area contributed by atoms with Crippen molar-refractivity contribution in [3.8, 4) is 17.0 Å². The number of hydrogen-bond acceptors (Lipinski definition) is 5. The lowest BCUT2D eigenvalue weighted by atomic mass is 9.82. The molecule has 0 saturated heterocycles. The number of hydrogen-bond donors (Lipinski definition) is 2. The van der Waals surface area contributed by atoms with Gasteiger partial charge in [0.2, 0.25) is 5.91 Å². The quantitative estimate of drug-likeness (QED) is 0.885. The van der Waals surface area contributed by atoms with Crippen molar-refractivity contribution in [2.45, 2.75) is 37.6 Å². The molecule has 0 aliphatic heterocycles. The number of ether oxygens (including phenoxy) is 1. The van der Waals surface area contributed by atoms with Gasteiger partial charge in [0.25, 0.3) is 0 Å². The number of aromatic nitrogens is 1. The molecule has 2 aromatic rings. The van der Waals surface area contributed by atoms with E-state index in [9.17, 15) is 9.18 Å². The Kier molecular flexibility index (Phi) is 4.82. The molecule has 0 spiro atoms. The van der Waals surface area contributed by atoms with Crippen LogP contribution in [0, 0.1) is 5.82 Å². The van der Waals surface area contributed by atoms with E-state index in [1.807, 2.05) is 0 Å². The van der Waals surface area contributed by atoms with Crippen molar-refractivity contribution in [3.05, 3.63) is 29.4 Å². The summed E-state index contributed by atoms with van der Waals surface area (Å²) >= 11 is 1.30. The van der Waals surface area contributed by atoms with Crippen LogP contribution >= 0.6 is 11.3 Å². The van der Waals surface area contributed by atoms with Crippen molar-refractivity contribution in [1.82, 2.24) is 4.98 Å². The molecule has 0 radical (unpaired) electrons. The number of halogens is 1. The van der Waals surface area contributed by atoms with Gasteiger partial charge in [0.05, 0.1) is 18.3 Å². The van der Waals surface area contributed by atoms with Crippen molar-refractivity contribution in [2.75, 3.05) is 12.4 Å². The zero-order chi connectivity index (χ0) is 17.2. The third-order valence-corrected chi connectivity index (χ3v) is 5.13. The zero-order valence-electron chi connectivity index (χ0n) is 13.5. The predicted octanol–water partition coefficient (Wildman–Crippen LogP) is 3.56. The molecule has 0 atom stereocenters. The highest BCUT2D eigenvalue weighted by Gasteiger charge is 2.35. The molecule has 1 heterocycles. The van der Waals surface area contributed by atoms with Crippen LogP contribution in [0.4, 0.5) is 9.52 Å². The summed E-state index contributed by atoms with van der Waals surface area (Å²) in [6.07, 6.45) is 4.45. The van der Waals surface area contributed by atoms with E-state index in [2.05, 4.69) is 10.3 Å². The second-order valence-electron chi connectivity index (χ2n) is 6.06. The van der Waals surface area contributed by atoms with Gasteiger partial charge in [-0.15, -0.1) is 11.3 Å². The molecule has 128 valence electrons. The molecular weight excluding hydrogens is 329 g/mol. The van der Waals surface area contributed by atoms with Gasteiger partial charge in [-0.25, -0.2) is 9.37 Å². The average Bonchev–Trinajstić information content (AvgIpc) is 3.04. The van der Waals surface area contributed by atoms with Gasteiger partial charge in [-0.1, -0.05) is 19.3 Å². The van der Waals surface area contributed by atoms with E-state index in [0.717, 1.165) is 19.3 Å². The van der Waals surface area contributed by atoms with Crippen LogP contribution in [0.2, 0.25) is 0 Å². The van der Waals surface area contributed by atoms with E-state index in [0.29, 0.717) is 29.2 Å². The minimum absolute atomic E-state index is 0.185. The number of anilines is 1. The van der Waals surface area contributed by atoms with Crippen molar-refractivity contribution in [1.29, 1.82) is 0 Å². The van der Waals surface area contributed by atoms with Gasteiger partial charge in [0.1, 0.15) is 0 Å². The van der Waals surface area contributed by atoms with Gasteiger partial charge < -0.3 is 15.8 Å². The maximum absolute atomic E-state index is 13.8. The molecule has 3 rings (SSSR count). The number of thiazole rings is 1. The van der Waals surface area contributed by atoms with Gasteiger partial charge in [0.15, 0.2) is 16.7 Å². The van der Waals surface area contributed by atoms with Crippen LogP contribution in [0.5, 0.6) is 5.75 Å². The zero-order valence-corrected chi connectivity index (χ0v) is 14.3. The first-order chi connectivity index (χ1) is 11.5. The number of rotatable bonds is 4. The molecule has 24 heavy (non-hydrogen) atoms. The summed E-state index contributed by atoms with van der Waals surface area (Å²) in [6, 6.07) is 4.65. The summed E-state index contributed by atoms with van der Waals surface area (Å²) in [5.41, 5.74) is 6.65. The molecule has 1 aliphatic carbocycles. The summed E-state index contributed by atoms with van der Waals surface area (Å²) in [5.74, 6) is -0.453. The van der Waals surface area contributed by atoms with Crippen molar-refractivity contribution in [2.24, 2.45) is 5.73 Å². The van der Waals surface area contributed by atoms with E-state index < -0.39 is 11.4 Å². The van der Waals surface area contributed by atoms with E-state index in [-0.39, 0.29) is 11.7 Å². The lowest BCUT2D eigenvalue weighted by Crippen LogP contribution is -2.52. The fraction of sp³-hybridized carbons (Fsp3) is 0.412. The number of amides is 1. The Morgan fingerprint density at radius 1 is 1.38 bits per heavy atom. The number of nitrogens with two attached hydrogens (primary N) is 1. The van der Waals surface area contributed by atoms with Crippen LogP contribution in [0.3, 0.4) is 0 Å². The summed E-state index contributed by atoms with van der Waals surface area (Å²) in [4.78, 5) is 16.8. The molecule has 1 aliphatic rings. The number of benzene rings is 1. The largest absolute Gasteiger partial charge is 0.494 e. The van der Waals surface area contributed by atoms with Crippen molar-refractivity contribution in [3.63, 3.8) is 0 Å². The van der Waals surface area contributed by atoms with Gasteiger partial charge in [-0.2, -0.15) is 0 Å². The van der Waals surface area contributed by atoms with Gasteiger partial charge >= 0.3 is 0 Å². The number of methoxy groups -OCH3 is 1. The molecule has 7 heteroatoms. The number of nitrogens with one attached hydrogen (secondary N) is 1. The molecular formula is C17H20FN3O2S. The molecule has 1 aromatic heterocycles. The van der Waals surface area contributed by atoms with Crippen molar-refractivity contribution < 1.29 is 13.9 Å². The van der Waals surface area contributed by atoms with Gasteiger partial charge in [-0.3, -0.25) is 4.79 Å². The first-order valence-corrected chi connectivity index (χ1v) is 8.79. The monoisotopic (exact) mass is 349 g/mol. The first-order valence-electron chi connectivity index (χ1n) is 7.92. The van der Waals surface area contributed by atoms with Crippen LogP contribution in [0.15, 0.2) is 23.6 Å². The molecule has 3 N–H and O–H groups in total. The molecule has 0 bridgehead atoms. The standard InChI is InChI=1S/C17H20FN3O2S/c1-23-14-6-5-11(9-12(14)18)13-10-24-16(20-13)21-15(22)17(19)7-3-2-4-8-17/h5-6,9-10H,2-4,7-8,19H2,1H3,(H,20,21,22). The fourth-order valence-corrected chi connectivity index (χ4v) is 3.64. The number of nitrogens with zero attached hydrogens (tertiary/aromatic N) is 1. The first kappa shape index (κ1) is 16.9. The SMILES string of the molecule is COc1ccc(-c2csc(NC(=O)C3(N)CCCCC3)n2)cc1F. The van der Waals surface area contributed by atoms with E-state index in [4.69, 9.17) is 10.5 Å². The second-order valence-corrected chi connectivity index (χ2v) is 6.92. The van der Waals surface area contributed by atoms with Crippen LogP contribution < -0.4 is 15.8 Å². The topological polar surface area (TPSA) is 77.2 Å². The van der Waals surface area contributed by atoms with Crippen LogP contribution in [-0.2, 0) is 4.79 Å². The Bertz CT molecular complexity index is 741. The van der Waals surface area contributed by atoms with Gasteiger partial charge in [-0.05, 0) is 31.0 Å². The molecule has 5 nitrogen and oxygen atoms in total. The Hall–Kier alpha value is -1.99. The highest BCUT2D eigenvalue weighted by molar-refractivity contribution is 7.14.